The summed E-state index contributed by atoms with van der Waals surface area (Å²) in [5.41, 5.74) is 4.02. The van der Waals surface area contributed by atoms with E-state index in [0.717, 1.165) is 46.1 Å². The third kappa shape index (κ3) is 4.57. The molecule has 3 N–H and O–H groups in total. The van der Waals surface area contributed by atoms with E-state index in [4.69, 9.17) is 0 Å². The summed E-state index contributed by atoms with van der Waals surface area (Å²) in [4.78, 5) is 11.7. The van der Waals surface area contributed by atoms with Gasteiger partial charge in [-0.05, 0) is 51.0 Å². The minimum absolute atomic E-state index is 0.893. The van der Waals surface area contributed by atoms with Crippen molar-refractivity contribution in [2.45, 2.75) is 25.7 Å². The van der Waals surface area contributed by atoms with Gasteiger partial charge in [-0.1, -0.05) is 36.9 Å². The Kier molecular flexibility index (Phi) is 5.84. The van der Waals surface area contributed by atoms with Gasteiger partial charge >= 0.3 is 0 Å². The second-order valence-corrected chi connectivity index (χ2v) is 7.98. The van der Waals surface area contributed by atoms with E-state index in [1.165, 1.54) is 38.9 Å². The van der Waals surface area contributed by atoms with Crippen LogP contribution in [0, 0.1) is 0 Å². The van der Waals surface area contributed by atoms with Crippen molar-refractivity contribution < 1.29 is 0 Å². The standard InChI is InChI=1S/C21H27N5S/c1-16(22-10-7-13-26-11-5-2-6-12-26)19-15-27-20(14-23-19)21-24-17-8-3-4-9-18(17)25-21/h3-4,8-9,14-15,22-23H,1-2,5-7,10-13H2,(H,24,25). The Morgan fingerprint density at radius 3 is 2.85 bits per heavy atom. The molecule has 5 nitrogen and oxygen atoms in total. The van der Waals surface area contributed by atoms with Gasteiger partial charge in [0.2, 0.25) is 0 Å². The van der Waals surface area contributed by atoms with Gasteiger partial charge in [-0.15, -0.1) is 0 Å². The summed E-state index contributed by atoms with van der Waals surface area (Å²) in [7, 11) is 0. The summed E-state index contributed by atoms with van der Waals surface area (Å²) in [5, 5.41) is 8.90. The number of benzene rings is 1. The third-order valence-corrected chi connectivity index (χ3v) is 5.97. The lowest BCUT2D eigenvalue weighted by molar-refractivity contribution is 0.226. The second-order valence-electron chi connectivity index (χ2n) is 7.07. The number of likely N-dealkylation sites (tertiary alicyclic amines) is 1. The number of fused-ring (bicyclic) bond motifs is 1. The van der Waals surface area contributed by atoms with Crippen LogP contribution in [0.25, 0.3) is 15.9 Å². The largest absolute Gasteiger partial charge is 0.384 e. The van der Waals surface area contributed by atoms with Crippen molar-refractivity contribution in [2.24, 2.45) is 0 Å². The number of aromatic nitrogens is 2. The van der Waals surface area contributed by atoms with Gasteiger partial charge in [0.25, 0.3) is 0 Å². The van der Waals surface area contributed by atoms with E-state index in [9.17, 15) is 0 Å². The molecule has 4 rings (SSSR count). The van der Waals surface area contributed by atoms with Crippen LogP contribution in [-0.4, -0.2) is 41.0 Å². The first-order valence-electron chi connectivity index (χ1n) is 9.74. The molecule has 0 atom stereocenters. The number of hydrogen-bond donors (Lipinski definition) is 3. The zero-order chi connectivity index (χ0) is 18.5. The fourth-order valence-electron chi connectivity index (χ4n) is 3.51. The summed E-state index contributed by atoms with van der Waals surface area (Å²) in [6.45, 7) is 8.84. The molecule has 0 radical (unpaired) electrons. The first kappa shape index (κ1) is 18.2. The molecule has 0 unspecified atom stereocenters. The minimum atomic E-state index is 0.893. The summed E-state index contributed by atoms with van der Waals surface area (Å²) >= 11 is 1.66. The smallest absolute Gasteiger partial charge is 0.146 e. The summed E-state index contributed by atoms with van der Waals surface area (Å²) in [5.74, 6) is 0.893. The maximum absolute atomic E-state index is 4.65. The van der Waals surface area contributed by atoms with E-state index in [1.54, 1.807) is 11.8 Å². The van der Waals surface area contributed by atoms with E-state index in [2.05, 4.69) is 37.5 Å². The Balaban J connectivity index is 1.24. The predicted molar refractivity (Wildman–Crippen MR) is 115 cm³/mol. The van der Waals surface area contributed by atoms with Crippen LogP contribution in [0.4, 0.5) is 0 Å². The number of thioether (sulfide) groups is 1. The maximum atomic E-state index is 4.65. The van der Waals surface area contributed by atoms with E-state index in [-0.39, 0.29) is 0 Å². The number of nitrogens with one attached hydrogen (secondary N) is 3. The van der Waals surface area contributed by atoms with E-state index in [0.29, 0.717) is 0 Å². The zero-order valence-electron chi connectivity index (χ0n) is 15.6. The van der Waals surface area contributed by atoms with Crippen molar-refractivity contribution in [1.82, 2.24) is 25.5 Å². The van der Waals surface area contributed by atoms with Crippen molar-refractivity contribution in [2.75, 3.05) is 26.2 Å². The van der Waals surface area contributed by atoms with E-state index < -0.39 is 0 Å². The number of hydrogen-bond acceptors (Lipinski definition) is 5. The van der Waals surface area contributed by atoms with E-state index in [1.807, 2.05) is 30.5 Å². The fraction of sp³-hybridized carbons (Fsp3) is 0.381. The number of nitrogens with zero attached hydrogens (tertiary/aromatic N) is 2. The van der Waals surface area contributed by atoms with Crippen LogP contribution >= 0.6 is 11.8 Å². The lowest BCUT2D eigenvalue weighted by Gasteiger charge is -2.26. The molecule has 1 aromatic heterocycles. The second kappa shape index (κ2) is 8.67. The van der Waals surface area contributed by atoms with Gasteiger partial charge in [0.1, 0.15) is 5.82 Å². The Morgan fingerprint density at radius 1 is 1.22 bits per heavy atom. The first-order valence-corrected chi connectivity index (χ1v) is 10.6. The van der Waals surface area contributed by atoms with E-state index >= 15 is 0 Å². The predicted octanol–water partition coefficient (Wildman–Crippen LogP) is 4.02. The lowest BCUT2D eigenvalue weighted by atomic mass is 10.1. The molecule has 6 heteroatoms. The van der Waals surface area contributed by atoms with Crippen molar-refractivity contribution in [3.05, 3.63) is 59.7 Å². The summed E-state index contributed by atoms with van der Waals surface area (Å²) < 4.78 is 0. The van der Waals surface area contributed by atoms with Gasteiger partial charge in [-0.2, -0.15) is 0 Å². The average Bonchev–Trinajstić information content (AvgIpc) is 3.16. The van der Waals surface area contributed by atoms with Crippen molar-refractivity contribution in [1.29, 1.82) is 0 Å². The molecular formula is C21H27N5S. The van der Waals surface area contributed by atoms with Crippen molar-refractivity contribution in [3.8, 4) is 0 Å². The third-order valence-electron chi connectivity index (χ3n) is 5.05. The number of piperidine rings is 1. The fourth-order valence-corrected chi connectivity index (χ4v) is 4.30. The molecule has 142 valence electrons. The first-order chi connectivity index (χ1) is 13.3. The van der Waals surface area contributed by atoms with Gasteiger partial charge in [0.15, 0.2) is 0 Å². The highest BCUT2D eigenvalue weighted by atomic mass is 32.2. The number of para-hydroxylation sites is 2. The molecule has 1 fully saturated rings. The van der Waals surface area contributed by atoms with Gasteiger partial charge in [-0.3, -0.25) is 0 Å². The Hall–Kier alpha value is -2.18. The van der Waals surface area contributed by atoms with Crippen LogP contribution in [0.3, 0.4) is 0 Å². The molecule has 27 heavy (non-hydrogen) atoms. The van der Waals surface area contributed by atoms with Gasteiger partial charge < -0.3 is 20.5 Å². The molecule has 2 aliphatic rings. The molecule has 1 aromatic carbocycles. The van der Waals surface area contributed by atoms with Crippen LogP contribution in [0.1, 0.15) is 31.5 Å². The highest BCUT2D eigenvalue weighted by Gasteiger charge is 2.14. The van der Waals surface area contributed by atoms with Crippen LogP contribution in [-0.2, 0) is 0 Å². The summed E-state index contributed by atoms with van der Waals surface area (Å²) in [6.07, 6.45) is 7.26. The lowest BCUT2D eigenvalue weighted by Crippen LogP contribution is -2.32. The molecule has 0 aliphatic carbocycles. The van der Waals surface area contributed by atoms with Crippen LogP contribution in [0.15, 0.2) is 53.8 Å². The number of imidazole rings is 1. The van der Waals surface area contributed by atoms with Gasteiger partial charge in [-0.25, -0.2) is 4.98 Å². The average molecular weight is 382 g/mol. The Labute approximate surface area is 165 Å². The van der Waals surface area contributed by atoms with Crippen molar-refractivity contribution >= 4 is 27.7 Å². The number of aromatic amines is 1. The zero-order valence-corrected chi connectivity index (χ0v) is 16.4. The highest BCUT2D eigenvalue weighted by Crippen LogP contribution is 2.31. The summed E-state index contributed by atoms with van der Waals surface area (Å²) in [6, 6.07) is 8.09. The van der Waals surface area contributed by atoms with Crippen molar-refractivity contribution in [3.63, 3.8) is 0 Å². The molecular weight excluding hydrogens is 354 g/mol. The van der Waals surface area contributed by atoms with Gasteiger partial charge in [0.05, 0.1) is 27.3 Å². The topological polar surface area (TPSA) is 56.0 Å². The molecule has 2 aliphatic heterocycles. The van der Waals surface area contributed by atoms with Crippen LogP contribution in [0.5, 0.6) is 0 Å². The Bertz CT molecular complexity index is 827. The SMILES string of the molecule is C=C(NCCCN1CCCCC1)C1=CSC(c2nc3ccccc3[nH]2)=CN1. The monoisotopic (exact) mass is 381 g/mol. The number of rotatable bonds is 7. The molecule has 1 saturated heterocycles. The molecule has 2 aromatic rings. The maximum Gasteiger partial charge on any atom is 0.146 e. The quantitative estimate of drug-likeness (QED) is 0.633. The molecule has 0 amide bonds. The normalized spacial score (nSPS) is 17.9. The molecule has 0 spiro atoms. The minimum Gasteiger partial charge on any atom is -0.384 e. The number of H-pyrrole nitrogens is 1. The van der Waals surface area contributed by atoms with Crippen LogP contribution in [0.2, 0.25) is 0 Å². The Morgan fingerprint density at radius 2 is 2.07 bits per heavy atom. The highest BCUT2D eigenvalue weighted by molar-refractivity contribution is 8.11. The van der Waals surface area contributed by atoms with Gasteiger partial charge in [0, 0.05) is 18.2 Å². The molecule has 0 bridgehead atoms. The molecule has 0 saturated carbocycles. The van der Waals surface area contributed by atoms with Crippen LogP contribution < -0.4 is 10.6 Å². The molecule has 3 heterocycles.